The molecule has 3 aromatic rings. The van der Waals surface area contributed by atoms with Gasteiger partial charge < -0.3 is 11.1 Å². The Morgan fingerprint density at radius 2 is 1.83 bits per heavy atom. The van der Waals surface area contributed by atoms with Gasteiger partial charge in [0.2, 0.25) is 0 Å². The number of aromatic nitrogens is 2. The van der Waals surface area contributed by atoms with Gasteiger partial charge in [-0.2, -0.15) is 0 Å². The molecule has 0 spiro atoms. The number of nitrogens with zero attached hydrogens (tertiary/aromatic N) is 2. The van der Waals surface area contributed by atoms with E-state index in [1.54, 1.807) is 12.1 Å². The lowest BCUT2D eigenvalue weighted by molar-refractivity contribution is 0.0994. The summed E-state index contributed by atoms with van der Waals surface area (Å²) in [6.07, 6.45) is 0. The average molecular weight is 327 g/mol. The highest BCUT2D eigenvalue weighted by Crippen LogP contribution is 2.31. The third-order valence-electron chi connectivity index (χ3n) is 3.65. The number of rotatable bonds is 4. The zero-order valence-corrected chi connectivity index (χ0v) is 13.2. The van der Waals surface area contributed by atoms with Gasteiger partial charge >= 0.3 is 0 Å². The SMILES string of the molecule is CC(Nc1ccc(C(N)=O)nn1)c1ccc(Cl)c2ccccc12. The normalized spacial score (nSPS) is 12.1. The highest BCUT2D eigenvalue weighted by Gasteiger charge is 2.12. The number of hydrogen-bond donors (Lipinski definition) is 2. The Kier molecular flexibility index (Phi) is 4.12. The highest BCUT2D eigenvalue weighted by molar-refractivity contribution is 6.35. The number of primary amides is 1. The molecule has 1 aromatic heterocycles. The van der Waals surface area contributed by atoms with Gasteiger partial charge in [-0.25, -0.2) is 0 Å². The van der Waals surface area contributed by atoms with Gasteiger partial charge in [0.05, 0.1) is 6.04 Å². The van der Waals surface area contributed by atoms with Crippen LogP contribution in [0.25, 0.3) is 10.8 Å². The largest absolute Gasteiger partial charge is 0.364 e. The van der Waals surface area contributed by atoms with Gasteiger partial charge in [0.15, 0.2) is 5.69 Å². The second kappa shape index (κ2) is 6.22. The summed E-state index contributed by atoms with van der Waals surface area (Å²) in [5.41, 5.74) is 6.40. The Morgan fingerprint density at radius 3 is 2.48 bits per heavy atom. The fraction of sp³-hybridized carbons (Fsp3) is 0.118. The molecule has 0 bridgehead atoms. The van der Waals surface area contributed by atoms with E-state index in [0.29, 0.717) is 5.82 Å². The summed E-state index contributed by atoms with van der Waals surface area (Å²) >= 11 is 6.25. The lowest BCUT2D eigenvalue weighted by atomic mass is 9.99. The first kappa shape index (κ1) is 15.2. The highest BCUT2D eigenvalue weighted by atomic mass is 35.5. The lowest BCUT2D eigenvalue weighted by Gasteiger charge is -2.17. The number of amides is 1. The van der Waals surface area contributed by atoms with Crippen LogP contribution < -0.4 is 11.1 Å². The lowest BCUT2D eigenvalue weighted by Crippen LogP contribution is -2.15. The molecule has 1 amide bonds. The molecule has 0 aliphatic heterocycles. The summed E-state index contributed by atoms with van der Waals surface area (Å²) in [7, 11) is 0. The molecule has 6 heteroatoms. The first-order chi connectivity index (χ1) is 11.1. The number of carbonyl (C=O) groups excluding carboxylic acids is 1. The zero-order valence-electron chi connectivity index (χ0n) is 12.5. The molecule has 0 aliphatic carbocycles. The Balaban J connectivity index is 1.90. The van der Waals surface area contributed by atoms with E-state index < -0.39 is 5.91 Å². The van der Waals surface area contributed by atoms with Crippen LogP contribution in [0.15, 0.2) is 48.5 Å². The Hall–Kier alpha value is -2.66. The summed E-state index contributed by atoms with van der Waals surface area (Å²) in [5.74, 6) is -0.0256. The van der Waals surface area contributed by atoms with Crippen LogP contribution in [0.2, 0.25) is 5.02 Å². The predicted octanol–water partition coefficient (Wildman–Crippen LogP) is 3.56. The smallest absolute Gasteiger partial charge is 0.269 e. The number of nitrogens with one attached hydrogen (secondary N) is 1. The molecule has 23 heavy (non-hydrogen) atoms. The van der Waals surface area contributed by atoms with Crippen LogP contribution in [-0.4, -0.2) is 16.1 Å². The topological polar surface area (TPSA) is 80.9 Å². The first-order valence-electron chi connectivity index (χ1n) is 7.13. The van der Waals surface area contributed by atoms with E-state index >= 15 is 0 Å². The molecule has 1 unspecified atom stereocenters. The minimum atomic E-state index is -0.596. The molecule has 0 aliphatic rings. The van der Waals surface area contributed by atoms with Crippen molar-refractivity contribution >= 4 is 34.1 Å². The third-order valence-corrected chi connectivity index (χ3v) is 3.98. The molecule has 1 heterocycles. The summed E-state index contributed by atoms with van der Waals surface area (Å²) in [6.45, 7) is 2.03. The van der Waals surface area contributed by atoms with E-state index in [1.165, 1.54) is 0 Å². The average Bonchev–Trinajstić information content (AvgIpc) is 2.56. The third kappa shape index (κ3) is 3.10. The Labute approximate surface area is 138 Å². The van der Waals surface area contributed by atoms with E-state index in [-0.39, 0.29) is 11.7 Å². The van der Waals surface area contributed by atoms with Crippen molar-refractivity contribution in [2.75, 3.05) is 5.32 Å². The van der Waals surface area contributed by atoms with Gasteiger partial charge in [0, 0.05) is 10.4 Å². The van der Waals surface area contributed by atoms with Crippen LogP contribution in [0.3, 0.4) is 0 Å². The summed E-state index contributed by atoms with van der Waals surface area (Å²) in [6, 6.07) is 15.1. The van der Waals surface area contributed by atoms with Crippen LogP contribution >= 0.6 is 11.6 Å². The number of benzene rings is 2. The van der Waals surface area contributed by atoms with Crippen LogP contribution in [0.4, 0.5) is 5.82 Å². The van der Waals surface area contributed by atoms with Crippen molar-refractivity contribution in [3.05, 3.63) is 64.8 Å². The minimum absolute atomic E-state index is 0.00843. The van der Waals surface area contributed by atoms with E-state index in [1.807, 2.05) is 43.3 Å². The molecule has 0 saturated heterocycles. The van der Waals surface area contributed by atoms with Crippen LogP contribution in [0.5, 0.6) is 0 Å². The monoisotopic (exact) mass is 326 g/mol. The van der Waals surface area contributed by atoms with Crippen LogP contribution in [0.1, 0.15) is 29.0 Å². The second-order valence-corrected chi connectivity index (χ2v) is 5.62. The fourth-order valence-corrected chi connectivity index (χ4v) is 2.73. The van der Waals surface area contributed by atoms with E-state index in [0.717, 1.165) is 21.4 Å². The molecular weight excluding hydrogens is 312 g/mol. The molecule has 3 N–H and O–H groups in total. The fourth-order valence-electron chi connectivity index (χ4n) is 2.50. The number of carbonyl (C=O) groups is 1. The Bertz CT molecular complexity index is 864. The maximum Gasteiger partial charge on any atom is 0.269 e. The van der Waals surface area contributed by atoms with Crippen LogP contribution in [-0.2, 0) is 0 Å². The quantitative estimate of drug-likeness (QED) is 0.768. The number of fused-ring (bicyclic) bond motifs is 1. The molecule has 2 aromatic carbocycles. The molecule has 1 atom stereocenters. The van der Waals surface area contributed by atoms with E-state index in [2.05, 4.69) is 15.5 Å². The van der Waals surface area contributed by atoms with Crippen molar-refractivity contribution in [3.8, 4) is 0 Å². The summed E-state index contributed by atoms with van der Waals surface area (Å²) < 4.78 is 0. The number of hydrogen-bond acceptors (Lipinski definition) is 4. The number of anilines is 1. The maximum absolute atomic E-state index is 11.0. The van der Waals surface area contributed by atoms with Crippen LogP contribution in [0, 0.1) is 0 Å². The molecule has 116 valence electrons. The van der Waals surface area contributed by atoms with Crippen molar-refractivity contribution < 1.29 is 4.79 Å². The van der Waals surface area contributed by atoms with Gasteiger partial charge in [-0.1, -0.05) is 41.9 Å². The molecule has 5 nitrogen and oxygen atoms in total. The van der Waals surface area contributed by atoms with Gasteiger partial charge in [0.1, 0.15) is 5.82 Å². The number of nitrogens with two attached hydrogens (primary N) is 1. The minimum Gasteiger partial charge on any atom is -0.364 e. The maximum atomic E-state index is 11.0. The zero-order chi connectivity index (χ0) is 16.4. The second-order valence-electron chi connectivity index (χ2n) is 5.22. The standard InChI is InChI=1S/C17H15ClN4O/c1-10(20-16-9-8-15(17(19)23)21-22-16)11-6-7-14(18)13-5-3-2-4-12(11)13/h2-10H,1H3,(H2,19,23)(H,20,22). The van der Waals surface area contributed by atoms with Crippen molar-refractivity contribution in [1.82, 2.24) is 10.2 Å². The van der Waals surface area contributed by atoms with Crippen molar-refractivity contribution in [3.63, 3.8) is 0 Å². The van der Waals surface area contributed by atoms with Gasteiger partial charge in [-0.3, -0.25) is 4.79 Å². The van der Waals surface area contributed by atoms with Gasteiger partial charge in [-0.05, 0) is 36.1 Å². The molecule has 0 saturated carbocycles. The van der Waals surface area contributed by atoms with Crippen molar-refractivity contribution in [1.29, 1.82) is 0 Å². The number of halogens is 1. The molecule has 0 fully saturated rings. The molecular formula is C17H15ClN4O. The Morgan fingerprint density at radius 1 is 1.09 bits per heavy atom. The van der Waals surface area contributed by atoms with Gasteiger partial charge in [0.25, 0.3) is 5.91 Å². The van der Waals surface area contributed by atoms with E-state index in [4.69, 9.17) is 17.3 Å². The van der Waals surface area contributed by atoms with Gasteiger partial charge in [-0.15, -0.1) is 10.2 Å². The molecule has 0 radical (unpaired) electrons. The molecule has 3 rings (SSSR count). The first-order valence-corrected chi connectivity index (χ1v) is 7.51. The summed E-state index contributed by atoms with van der Waals surface area (Å²) in [4.78, 5) is 11.0. The summed E-state index contributed by atoms with van der Waals surface area (Å²) in [5, 5.41) is 13.9. The van der Waals surface area contributed by atoms with Crippen molar-refractivity contribution in [2.24, 2.45) is 5.73 Å². The predicted molar refractivity (Wildman–Crippen MR) is 91.5 cm³/mol. The van der Waals surface area contributed by atoms with Crippen molar-refractivity contribution in [2.45, 2.75) is 13.0 Å². The van der Waals surface area contributed by atoms with E-state index in [9.17, 15) is 4.79 Å².